The number of benzene rings is 3. The Labute approximate surface area is 193 Å². The molecular weight excluding hydrogens is 508 g/mol. The number of amides is 1. The minimum atomic E-state index is -0.229. The van der Waals surface area contributed by atoms with Gasteiger partial charge in [0, 0.05) is 21.9 Å². The zero-order chi connectivity index (χ0) is 21.7. The summed E-state index contributed by atoms with van der Waals surface area (Å²) in [5, 5.41) is 2.85. The molecule has 0 bridgehead atoms. The number of anilines is 1. The number of carbonyl (C=O) groups is 1. The molecule has 0 unspecified atom stereocenters. The molecule has 0 fully saturated rings. The highest BCUT2D eigenvalue weighted by Crippen LogP contribution is 2.32. The second-order valence-electron chi connectivity index (χ2n) is 7.04. The van der Waals surface area contributed by atoms with Crippen molar-refractivity contribution in [1.82, 2.24) is 0 Å². The Kier molecular flexibility index (Phi) is 7.45. The molecule has 1 amide bonds. The first-order chi connectivity index (χ1) is 14.3. The third kappa shape index (κ3) is 6.03. The first-order valence-electron chi connectivity index (χ1n) is 9.41. The van der Waals surface area contributed by atoms with Crippen LogP contribution in [0.4, 0.5) is 11.4 Å². The van der Waals surface area contributed by atoms with Crippen molar-refractivity contribution in [3.8, 4) is 5.75 Å². The van der Waals surface area contributed by atoms with Gasteiger partial charge in [0.05, 0.1) is 10.2 Å². The van der Waals surface area contributed by atoms with Crippen molar-refractivity contribution in [3.05, 3.63) is 85.8 Å². The van der Waals surface area contributed by atoms with E-state index in [0.717, 1.165) is 31.4 Å². The van der Waals surface area contributed by atoms with Crippen LogP contribution in [0, 0.1) is 20.8 Å². The topological polar surface area (TPSA) is 50.7 Å². The molecule has 0 heterocycles. The molecule has 0 radical (unpaired) electrons. The summed E-state index contributed by atoms with van der Waals surface area (Å²) in [6.45, 7) is 6.00. The normalized spacial score (nSPS) is 11.0. The van der Waals surface area contributed by atoms with Crippen LogP contribution in [0.25, 0.3) is 0 Å². The molecule has 3 aromatic carbocycles. The molecule has 0 saturated heterocycles. The average Bonchev–Trinajstić information content (AvgIpc) is 2.68. The van der Waals surface area contributed by atoms with Gasteiger partial charge in [0.1, 0.15) is 5.75 Å². The number of hydrogen-bond donors (Lipinski definition) is 1. The molecule has 4 nitrogen and oxygen atoms in total. The van der Waals surface area contributed by atoms with E-state index in [-0.39, 0.29) is 12.5 Å². The van der Waals surface area contributed by atoms with Gasteiger partial charge in [-0.3, -0.25) is 9.79 Å². The zero-order valence-corrected chi connectivity index (χ0v) is 20.2. The van der Waals surface area contributed by atoms with E-state index in [2.05, 4.69) is 56.0 Å². The minimum Gasteiger partial charge on any atom is -0.482 e. The quantitative estimate of drug-likeness (QED) is 0.353. The minimum absolute atomic E-state index is 0.112. The molecule has 30 heavy (non-hydrogen) atoms. The number of nitrogens with one attached hydrogen (secondary N) is 1. The third-order valence-electron chi connectivity index (χ3n) is 4.53. The van der Waals surface area contributed by atoms with Gasteiger partial charge in [0.2, 0.25) is 0 Å². The summed E-state index contributed by atoms with van der Waals surface area (Å²) < 4.78 is 7.47. The Hall–Kier alpha value is -2.44. The Morgan fingerprint density at radius 3 is 2.57 bits per heavy atom. The van der Waals surface area contributed by atoms with E-state index < -0.39 is 0 Å². The second kappa shape index (κ2) is 10.0. The van der Waals surface area contributed by atoms with Crippen LogP contribution in [0.3, 0.4) is 0 Å². The van der Waals surface area contributed by atoms with Crippen LogP contribution in [0.2, 0.25) is 0 Å². The lowest BCUT2D eigenvalue weighted by Crippen LogP contribution is -2.20. The lowest BCUT2D eigenvalue weighted by molar-refractivity contribution is -0.118. The van der Waals surface area contributed by atoms with E-state index >= 15 is 0 Å². The van der Waals surface area contributed by atoms with Crippen molar-refractivity contribution in [3.63, 3.8) is 0 Å². The van der Waals surface area contributed by atoms with Gasteiger partial charge in [0.25, 0.3) is 5.91 Å². The van der Waals surface area contributed by atoms with E-state index in [9.17, 15) is 4.79 Å². The summed E-state index contributed by atoms with van der Waals surface area (Å²) in [6.07, 6.45) is 1.74. The van der Waals surface area contributed by atoms with Crippen LogP contribution in [0.5, 0.6) is 5.75 Å². The summed E-state index contributed by atoms with van der Waals surface area (Å²) >= 11 is 7.02. The van der Waals surface area contributed by atoms with Crippen molar-refractivity contribution in [1.29, 1.82) is 0 Å². The number of rotatable bonds is 6. The largest absolute Gasteiger partial charge is 0.482 e. The number of nitrogens with zero attached hydrogens (tertiary/aromatic N) is 1. The van der Waals surface area contributed by atoms with Crippen LogP contribution in [0.1, 0.15) is 22.3 Å². The number of hydrogen-bond acceptors (Lipinski definition) is 3. The lowest BCUT2D eigenvalue weighted by Gasteiger charge is -2.12. The molecule has 154 valence electrons. The summed E-state index contributed by atoms with van der Waals surface area (Å²) in [7, 11) is 0. The summed E-state index contributed by atoms with van der Waals surface area (Å²) in [4.78, 5) is 16.9. The maximum Gasteiger partial charge on any atom is 0.262 e. The van der Waals surface area contributed by atoms with Crippen LogP contribution >= 0.6 is 31.9 Å². The third-order valence-corrected chi connectivity index (χ3v) is 5.58. The molecule has 1 N–H and O–H groups in total. The molecule has 0 atom stereocenters. The first kappa shape index (κ1) is 22.2. The summed E-state index contributed by atoms with van der Waals surface area (Å²) in [5.74, 6) is 0.331. The van der Waals surface area contributed by atoms with Gasteiger partial charge >= 0.3 is 0 Å². The molecule has 0 aromatic heterocycles. The highest BCUT2D eigenvalue weighted by molar-refractivity contribution is 9.11. The van der Waals surface area contributed by atoms with Crippen molar-refractivity contribution in [2.75, 3.05) is 11.9 Å². The Bertz CT molecular complexity index is 1110. The zero-order valence-electron chi connectivity index (χ0n) is 17.0. The van der Waals surface area contributed by atoms with E-state index in [1.54, 1.807) is 6.21 Å². The highest BCUT2D eigenvalue weighted by Gasteiger charge is 2.12. The molecule has 0 aliphatic rings. The smallest absolute Gasteiger partial charge is 0.262 e. The van der Waals surface area contributed by atoms with Crippen LogP contribution < -0.4 is 10.1 Å². The fourth-order valence-corrected chi connectivity index (χ4v) is 4.21. The molecular formula is C24H22Br2N2O2. The fraction of sp³-hybridized carbons (Fsp3) is 0.167. The van der Waals surface area contributed by atoms with Gasteiger partial charge in [0.15, 0.2) is 6.61 Å². The van der Waals surface area contributed by atoms with Gasteiger partial charge in [-0.25, -0.2) is 0 Å². The average molecular weight is 530 g/mol. The van der Waals surface area contributed by atoms with Gasteiger partial charge in [-0.2, -0.15) is 0 Å². The maximum absolute atomic E-state index is 12.3. The van der Waals surface area contributed by atoms with Crippen LogP contribution in [0.15, 0.2) is 68.5 Å². The predicted molar refractivity (Wildman–Crippen MR) is 130 cm³/mol. The van der Waals surface area contributed by atoms with Crippen molar-refractivity contribution < 1.29 is 9.53 Å². The van der Waals surface area contributed by atoms with Crippen molar-refractivity contribution >= 4 is 55.4 Å². The van der Waals surface area contributed by atoms with E-state index in [0.29, 0.717) is 5.75 Å². The van der Waals surface area contributed by atoms with Crippen molar-refractivity contribution in [2.45, 2.75) is 20.8 Å². The fourth-order valence-electron chi connectivity index (χ4n) is 2.84. The van der Waals surface area contributed by atoms with Gasteiger partial charge in [-0.05, 0) is 89.8 Å². The SMILES string of the molecule is Cc1cccc(NC(=O)COc2c(Br)cc(Br)cc2C=Nc2ccc(C)c(C)c2)c1. The van der Waals surface area contributed by atoms with E-state index in [4.69, 9.17) is 4.74 Å². The van der Waals surface area contributed by atoms with Crippen LogP contribution in [-0.2, 0) is 4.79 Å². The summed E-state index contributed by atoms with van der Waals surface area (Å²) in [5.41, 5.74) is 5.85. The standard InChI is InChI=1S/C24H22Br2N2O2/c1-15-5-4-6-21(9-15)28-23(29)14-30-24-18(11-19(25)12-22(24)26)13-27-20-8-7-16(2)17(3)10-20/h4-13H,14H2,1-3H3,(H,28,29). The Balaban J connectivity index is 1.76. The lowest BCUT2D eigenvalue weighted by atomic mass is 10.1. The number of aliphatic imine (C=N–C) groups is 1. The molecule has 0 aliphatic carbocycles. The number of halogens is 2. The van der Waals surface area contributed by atoms with E-state index in [1.807, 2.05) is 61.5 Å². The first-order valence-corrected chi connectivity index (χ1v) is 11.0. The predicted octanol–water partition coefficient (Wildman–Crippen LogP) is 6.90. The second-order valence-corrected chi connectivity index (χ2v) is 8.81. The van der Waals surface area contributed by atoms with Crippen LogP contribution in [-0.4, -0.2) is 18.7 Å². The molecule has 0 aliphatic heterocycles. The highest BCUT2D eigenvalue weighted by atomic mass is 79.9. The number of carbonyl (C=O) groups excluding carboxylic acids is 1. The monoisotopic (exact) mass is 528 g/mol. The molecule has 3 rings (SSSR count). The number of ether oxygens (including phenoxy) is 1. The van der Waals surface area contributed by atoms with Gasteiger partial charge < -0.3 is 10.1 Å². The van der Waals surface area contributed by atoms with Gasteiger partial charge in [-0.15, -0.1) is 0 Å². The van der Waals surface area contributed by atoms with E-state index in [1.165, 1.54) is 11.1 Å². The summed E-state index contributed by atoms with van der Waals surface area (Å²) in [6, 6.07) is 17.5. The molecule has 0 spiro atoms. The molecule has 3 aromatic rings. The number of aryl methyl sites for hydroxylation is 3. The van der Waals surface area contributed by atoms with Crippen molar-refractivity contribution in [2.24, 2.45) is 4.99 Å². The molecule has 0 saturated carbocycles. The molecule has 6 heteroatoms. The Morgan fingerprint density at radius 2 is 1.83 bits per heavy atom. The Morgan fingerprint density at radius 1 is 1.03 bits per heavy atom. The maximum atomic E-state index is 12.3. The van der Waals surface area contributed by atoms with Gasteiger partial charge in [-0.1, -0.05) is 34.1 Å².